The number of nitrogens with zero attached hydrogens (tertiary/aromatic N) is 3. The number of hydrogen-bond acceptors (Lipinski definition) is 4. The summed E-state index contributed by atoms with van der Waals surface area (Å²) in [5.74, 6) is 0.0977. The molecule has 2 aliphatic rings. The van der Waals surface area contributed by atoms with Gasteiger partial charge in [-0.2, -0.15) is 5.10 Å². The molecule has 0 radical (unpaired) electrons. The molecule has 4 heterocycles. The molecule has 0 bridgehead atoms. The molecule has 0 spiro atoms. The number of carbonyl (C=O) groups is 2. The Morgan fingerprint density at radius 3 is 2.70 bits per heavy atom. The number of furan rings is 1. The lowest BCUT2D eigenvalue weighted by Crippen LogP contribution is -2.40. The lowest BCUT2D eigenvalue weighted by atomic mass is 9.95. The van der Waals surface area contributed by atoms with E-state index in [1.807, 2.05) is 34.9 Å². The number of aromatic nitrogens is 2. The van der Waals surface area contributed by atoms with Gasteiger partial charge in [0.15, 0.2) is 0 Å². The van der Waals surface area contributed by atoms with Crippen molar-refractivity contribution in [3.63, 3.8) is 0 Å². The average Bonchev–Trinajstić information content (AvgIpc) is 3.37. The van der Waals surface area contributed by atoms with Gasteiger partial charge in [-0.05, 0) is 50.7 Å². The molecule has 5 rings (SSSR count). The Bertz CT molecular complexity index is 1140. The van der Waals surface area contributed by atoms with Crippen LogP contribution in [0.25, 0.3) is 11.0 Å². The van der Waals surface area contributed by atoms with Crippen LogP contribution in [0, 0.1) is 6.92 Å². The number of amides is 2. The van der Waals surface area contributed by atoms with Gasteiger partial charge in [-0.1, -0.05) is 25.0 Å². The molecule has 7 nitrogen and oxygen atoms in total. The minimum atomic E-state index is -0.153. The fraction of sp³-hybridized carbons (Fsp3) is 0.500. The van der Waals surface area contributed by atoms with Gasteiger partial charge in [-0.25, -0.2) is 0 Å². The predicted molar refractivity (Wildman–Crippen MR) is 126 cm³/mol. The third-order valence-electron chi connectivity index (χ3n) is 7.10. The number of piperidine rings is 1. The number of H-pyrrole nitrogens is 1. The van der Waals surface area contributed by atoms with Crippen LogP contribution in [-0.4, -0.2) is 51.4 Å². The van der Waals surface area contributed by atoms with Crippen molar-refractivity contribution in [1.82, 2.24) is 20.0 Å². The van der Waals surface area contributed by atoms with Crippen LogP contribution in [0.3, 0.4) is 0 Å². The SMILES string of the molecule is Cc1ccc2c(CC(=O)N3CCCC[C@@H]3c3[nH]ncc3C(=O)N3CCCCCC3)coc2c1. The summed E-state index contributed by atoms with van der Waals surface area (Å²) in [6.45, 7) is 4.31. The maximum atomic E-state index is 13.5. The summed E-state index contributed by atoms with van der Waals surface area (Å²) in [5.41, 5.74) is 4.25. The highest BCUT2D eigenvalue weighted by molar-refractivity contribution is 5.95. The lowest BCUT2D eigenvalue weighted by molar-refractivity contribution is -0.134. The van der Waals surface area contributed by atoms with Crippen LogP contribution in [0.1, 0.15) is 78.2 Å². The van der Waals surface area contributed by atoms with Gasteiger partial charge in [-0.3, -0.25) is 14.7 Å². The second-order valence-electron chi connectivity index (χ2n) is 9.44. The fourth-order valence-corrected chi connectivity index (χ4v) is 5.29. The van der Waals surface area contributed by atoms with Gasteiger partial charge >= 0.3 is 0 Å². The minimum absolute atomic E-state index is 0.0369. The van der Waals surface area contributed by atoms with E-state index in [0.29, 0.717) is 12.1 Å². The van der Waals surface area contributed by atoms with Crippen molar-refractivity contribution in [3.8, 4) is 0 Å². The van der Waals surface area contributed by atoms with Gasteiger partial charge in [0.2, 0.25) is 5.91 Å². The first-order chi connectivity index (χ1) is 16.1. The fourth-order valence-electron chi connectivity index (χ4n) is 5.29. The predicted octanol–water partition coefficient (Wildman–Crippen LogP) is 4.78. The van der Waals surface area contributed by atoms with Gasteiger partial charge in [0, 0.05) is 30.6 Å². The third kappa shape index (κ3) is 4.41. The highest BCUT2D eigenvalue weighted by Gasteiger charge is 2.33. The van der Waals surface area contributed by atoms with E-state index >= 15 is 0 Å². The van der Waals surface area contributed by atoms with E-state index in [-0.39, 0.29) is 24.3 Å². The first-order valence-electron chi connectivity index (χ1n) is 12.2. The van der Waals surface area contributed by atoms with Gasteiger partial charge in [-0.15, -0.1) is 0 Å². The van der Waals surface area contributed by atoms with Crippen LogP contribution >= 0.6 is 0 Å². The van der Waals surface area contributed by atoms with E-state index in [9.17, 15) is 9.59 Å². The summed E-state index contributed by atoms with van der Waals surface area (Å²) in [4.78, 5) is 30.7. The van der Waals surface area contributed by atoms with Crippen LogP contribution in [-0.2, 0) is 11.2 Å². The zero-order valence-corrected chi connectivity index (χ0v) is 19.3. The van der Waals surface area contributed by atoms with Crippen molar-refractivity contribution in [3.05, 3.63) is 53.0 Å². The number of benzene rings is 1. The van der Waals surface area contributed by atoms with Gasteiger partial charge in [0.05, 0.1) is 36.2 Å². The van der Waals surface area contributed by atoms with Crippen LogP contribution in [0.15, 0.2) is 35.1 Å². The number of likely N-dealkylation sites (tertiary alicyclic amines) is 2. The molecule has 1 atom stereocenters. The molecule has 174 valence electrons. The average molecular weight is 449 g/mol. The summed E-state index contributed by atoms with van der Waals surface area (Å²) in [6.07, 6.45) is 10.9. The summed E-state index contributed by atoms with van der Waals surface area (Å²) in [5, 5.41) is 8.30. The van der Waals surface area contributed by atoms with Crippen LogP contribution in [0.5, 0.6) is 0 Å². The van der Waals surface area contributed by atoms with E-state index in [0.717, 1.165) is 73.0 Å². The number of carbonyl (C=O) groups excluding carboxylic acids is 2. The number of rotatable bonds is 4. The lowest BCUT2D eigenvalue weighted by Gasteiger charge is -2.36. The molecule has 2 saturated heterocycles. The molecule has 0 saturated carbocycles. The van der Waals surface area contributed by atoms with Gasteiger partial charge < -0.3 is 14.2 Å². The molecule has 7 heteroatoms. The Morgan fingerprint density at radius 1 is 1.09 bits per heavy atom. The highest BCUT2D eigenvalue weighted by Crippen LogP contribution is 2.33. The molecule has 1 N–H and O–H groups in total. The zero-order valence-electron chi connectivity index (χ0n) is 19.3. The van der Waals surface area contributed by atoms with Crippen molar-refractivity contribution in [2.75, 3.05) is 19.6 Å². The van der Waals surface area contributed by atoms with Crippen LogP contribution < -0.4 is 0 Å². The third-order valence-corrected chi connectivity index (χ3v) is 7.10. The molecular formula is C26H32N4O3. The molecule has 2 amide bonds. The number of fused-ring (bicyclic) bond motifs is 1. The number of nitrogens with one attached hydrogen (secondary N) is 1. The second-order valence-corrected chi connectivity index (χ2v) is 9.44. The van der Waals surface area contributed by atoms with Crippen molar-refractivity contribution in [1.29, 1.82) is 0 Å². The van der Waals surface area contributed by atoms with Crippen LogP contribution in [0.2, 0.25) is 0 Å². The summed E-state index contributed by atoms with van der Waals surface area (Å²) < 4.78 is 5.71. The van der Waals surface area contributed by atoms with Crippen molar-refractivity contribution in [2.24, 2.45) is 0 Å². The molecule has 1 aromatic carbocycles. The monoisotopic (exact) mass is 448 g/mol. The molecule has 2 aliphatic heterocycles. The Kier molecular flexibility index (Phi) is 6.20. The van der Waals surface area contributed by atoms with Crippen molar-refractivity contribution >= 4 is 22.8 Å². The molecule has 2 aromatic heterocycles. The van der Waals surface area contributed by atoms with E-state index in [1.165, 1.54) is 12.8 Å². The largest absolute Gasteiger partial charge is 0.464 e. The molecular weight excluding hydrogens is 416 g/mol. The Labute approximate surface area is 194 Å². The van der Waals surface area contributed by atoms with E-state index in [2.05, 4.69) is 10.2 Å². The minimum Gasteiger partial charge on any atom is -0.464 e. The Morgan fingerprint density at radius 2 is 1.88 bits per heavy atom. The molecule has 33 heavy (non-hydrogen) atoms. The normalized spacial score (nSPS) is 19.6. The summed E-state index contributed by atoms with van der Waals surface area (Å²) in [7, 11) is 0. The Hall–Kier alpha value is -3.09. The first kappa shape index (κ1) is 21.7. The smallest absolute Gasteiger partial charge is 0.257 e. The summed E-state index contributed by atoms with van der Waals surface area (Å²) >= 11 is 0. The summed E-state index contributed by atoms with van der Waals surface area (Å²) in [6, 6.07) is 5.91. The maximum absolute atomic E-state index is 13.5. The molecule has 2 fully saturated rings. The van der Waals surface area contributed by atoms with E-state index in [1.54, 1.807) is 12.5 Å². The second kappa shape index (κ2) is 9.41. The van der Waals surface area contributed by atoms with E-state index < -0.39 is 0 Å². The number of hydrogen-bond donors (Lipinski definition) is 1. The molecule has 0 unspecified atom stereocenters. The number of aryl methyl sites for hydroxylation is 1. The number of aromatic amines is 1. The standard InChI is InChI=1S/C26H32N4O3/c1-18-9-10-20-19(17-33-23(20)14-18)15-24(31)30-13-7-4-8-22(30)25-21(16-27-28-25)26(32)29-11-5-2-3-6-12-29/h9-10,14,16-17,22H,2-8,11-13,15H2,1H3,(H,27,28)/t22-/m1/s1. The quantitative estimate of drug-likeness (QED) is 0.623. The van der Waals surface area contributed by atoms with Gasteiger partial charge in [0.25, 0.3) is 5.91 Å². The Balaban J connectivity index is 1.37. The van der Waals surface area contributed by atoms with Crippen molar-refractivity contribution in [2.45, 2.75) is 64.3 Å². The molecule has 3 aromatic rings. The zero-order chi connectivity index (χ0) is 22.8. The maximum Gasteiger partial charge on any atom is 0.257 e. The highest BCUT2D eigenvalue weighted by atomic mass is 16.3. The first-order valence-corrected chi connectivity index (χ1v) is 12.2. The van der Waals surface area contributed by atoms with Crippen LogP contribution in [0.4, 0.5) is 0 Å². The van der Waals surface area contributed by atoms with Gasteiger partial charge in [0.1, 0.15) is 5.58 Å². The van der Waals surface area contributed by atoms with Crippen molar-refractivity contribution < 1.29 is 14.0 Å². The van der Waals surface area contributed by atoms with E-state index in [4.69, 9.17) is 4.42 Å². The molecule has 0 aliphatic carbocycles. The topological polar surface area (TPSA) is 82.4 Å².